The molecule has 9 heteroatoms. The maximum absolute atomic E-state index is 12.9. The number of aliphatic hydroxyl groups excluding tert-OH is 1. The Morgan fingerprint density at radius 1 is 1.03 bits per heavy atom. The highest BCUT2D eigenvalue weighted by Crippen LogP contribution is 2.39. The van der Waals surface area contributed by atoms with Crippen molar-refractivity contribution in [3.05, 3.63) is 58.1 Å². The van der Waals surface area contributed by atoms with E-state index in [1.54, 1.807) is 0 Å². The number of aromatic nitrogens is 3. The number of H-pyrrole nitrogens is 1. The van der Waals surface area contributed by atoms with E-state index in [4.69, 9.17) is 5.73 Å². The SMILES string of the molecule is NC(O)c1ccc(S(=O)(=O)c2nc(Nc3c4c(cc5c3CCC5)CCC4)n[nH]2)cc1. The van der Waals surface area contributed by atoms with Crippen LogP contribution in [0.4, 0.5) is 11.6 Å². The molecule has 3 aromatic rings. The van der Waals surface area contributed by atoms with Crippen LogP contribution >= 0.6 is 0 Å². The van der Waals surface area contributed by atoms with Crippen LogP contribution in [-0.4, -0.2) is 28.7 Å². The minimum Gasteiger partial charge on any atom is -0.375 e. The molecule has 156 valence electrons. The van der Waals surface area contributed by atoms with Gasteiger partial charge in [-0.05, 0) is 78.5 Å². The summed E-state index contributed by atoms with van der Waals surface area (Å²) >= 11 is 0. The fourth-order valence-electron chi connectivity index (χ4n) is 4.46. The highest BCUT2D eigenvalue weighted by atomic mass is 32.2. The number of aryl methyl sites for hydroxylation is 2. The first kappa shape index (κ1) is 19.2. The lowest BCUT2D eigenvalue weighted by Gasteiger charge is -2.15. The van der Waals surface area contributed by atoms with E-state index in [0.29, 0.717) is 5.56 Å². The number of aromatic amines is 1. The van der Waals surface area contributed by atoms with Crippen LogP contribution < -0.4 is 11.1 Å². The number of nitrogens with one attached hydrogen (secondary N) is 2. The van der Waals surface area contributed by atoms with Crippen molar-refractivity contribution in [3.8, 4) is 0 Å². The monoisotopic (exact) mass is 425 g/mol. The summed E-state index contributed by atoms with van der Waals surface area (Å²) in [4.78, 5) is 4.27. The molecule has 5 rings (SSSR count). The largest absolute Gasteiger partial charge is 0.375 e. The molecule has 5 N–H and O–H groups in total. The molecule has 30 heavy (non-hydrogen) atoms. The Morgan fingerprint density at radius 3 is 2.27 bits per heavy atom. The number of nitrogens with two attached hydrogens (primary N) is 1. The van der Waals surface area contributed by atoms with Crippen LogP contribution in [0.15, 0.2) is 40.4 Å². The van der Waals surface area contributed by atoms with Crippen molar-refractivity contribution in [1.29, 1.82) is 0 Å². The summed E-state index contributed by atoms with van der Waals surface area (Å²) < 4.78 is 25.8. The molecular formula is C21H23N5O3S. The van der Waals surface area contributed by atoms with Gasteiger partial charge in [0.1, 0.15) is 6.23 Å². The van der Waals surface area contributed by atoms with Crippen LogP contribution in [-0.2, 0) is 35.5 Å². The zero-order chi connectivity index (χ0) is 20.9. The number of sulfone groups is 1. The Morgan fingerprint density at radius 2 is 1.67 bits per heavy atom. The standard InChI is InChI=1S/C21H23N5O3S/c22-19(27)12-7-9-15(10-8-12)30(28,29)21-24-20(25-26-21)23-18-16-5-1-3-13(16)11-14-4-2-6-17(14)18/h7-11,19,27H,1-6,22H2,(H2,23,24,25,26). The zero-order valence-corrected chi connectivity index (χ0v) is 17.2. The number of anilines is 2. The summed E-state index contributed by atoms with van der Waals surface area (Å²) in [5.41, 5.74) is 12.3. The number of aliphatic hydroxyl groups is 1. The molecule has 2 aliphatic carbocycles. The van der Waals surface area contributed by atoms with Crippen molar-refractivity contribution in [2.24, 2.45) is 5.73 Å². The Labute approximate surface area is 174 Å². The molecule has 0 bridgehead atoms. The predicted octanol–water partition coefficient (Wildman–Crippen LogP) is 2.31. The van der Waals surface area contributed by atoms with Crippen LogP contribution in [0.3, 0.4) is 0 Å². The Hall–Kier alpha value is -2.75. The maximum Gasteiger partial charge on any atom is 0.249 e. The molecule has 0 radical (unpaired) electrons. The molecule has 0 saturated heterocycles. The quantitative estimate of drug-likeness (QED) is 0.461. The van der Waals surface area contributed by atoms with Gasteiger partial charge in [-0.15, -0.1) is 5.10 Å². The number of nitrogens with zero attached hydrogens (tertiary/aromatic N) is 2. The van der Waals surface area contributed by atoms with Gasteiger partial charge < -0.3 is 16.2 Å². The fourth-order valence-corrected chi connectivity index (χ4v) is 5.55. The van der Waals surface area contributed by atoms with Gasteiger partial charge >= 0.3 is 0 Å². The van der Waals surface area contributed by atoms with E-state index in [-0.39, 0.29) is 16.0 Å². The molecule has 1 heterocycles. The third-order valence-corrected chi connectivity index (χ3v) is 7.55. The molecule has 0 aliphatic heterocycles. The summed E-state index contributed by atoms with van der Waals surface area (Å²) in [6.45, 7) is 0. The second-order valence-electron chi connectivity index (χ2n) is 7.84. The molecule has 8 nitrogen and oxygen atoms in total. The molecule has 2 aromatic carbocycles. The normalized spacial score (nSPS) is 16.3. The van der Waals surface area contributed by atoms with E-state index in [1.807, 2.05) is 0 Å². The molecule has 1 aromatic heterocycles. The topological polar surface area (TPSA) is 134 Å². The van der Waals surface area contributed by atoms with Crippen molar-refractivity contribution in [3.63, 3.8) is 0 Å². The van der Waals surface area contributed by atoms with E-state index in [2.05, 4.69) is 26.6 Å². The predicted molar refractivity (Wildman–Crippen MR) is 111 cm³/mol. The molecule has 1 unspecified atom stereocenters. The van der Waals surface area contributed by atoms with Gasteiger partial charge in [-0.1, -0.05) is 18.2 Å². The van der Waals surface area contributed by atoms with E-state index in [1.165, 1.54) is 46.5 Å². The zero-order valence-electron chi connectivity index (χ0n) is 16.4. The number of hydrogen-bond donors (Lipinski definition) is 4. The maximum atomic E-state index is 12.9. The van der Waals surface area contributed by atoms with E-state index in [0.717, 1.165) is 44.2 Å². The van der Waals surface area contributed by atoms with Crippen molar-refractivity contribution in [2.75, 3.05) is 5.32 Å². The first-order chi connectivity index (χ1) is 14.4. The molecule has 0 amide bonds. The van der Waals surface area contributed by atoms with Gasteiger partial charge in [0.05, 0.1) is 4.90 Å². The van der Waals surface area contributed by atoms with Crippen molar-refractivity contribution in [1.82, 2.24) is 15.2 Å². The third kappa shape index (κ3) is 3.19. The van der Waals surface area contributed by atoms with Gasteiger partial charge in [-0.3, -0.25) is 0 Å². The van der Waals surface area contributed by atoms with Gasteiger partial charge in [0.15, 0.2) is 0 Å². The molecular weight excluding hydrogens is 402 g/mol. The van der Waals surface area contributed by atoms with E-state index < -0.39 is 16.1 Å². The first-order valence-corrected chi connectivity index (χ1v) is 11.6. The van der Waals surface area contributed by atoms with Crippen molar-refractivity contribution < 1.29 is 13.5 Å². The lowest BCUT2D eigenvalue weighted by Crippen LogP contribution is -2.09. The highest BCUT2D eigenvalue weighted by Gasteiger charge is 2.26. The van der Waals surface area contributed by atoms with Crippen molar-refractivity contribution >= 4 is 21.5 Å². The van der Waals surface area contributed by atoms with Crippen LogP contribution in [0.2, 0.25) is 0 Å². The second kappa shape index (κ2) is 7.19. The second-order valence-corrected chi connectivity index (χ2v) is 9.71. The lowest BCUT2D eigenvalue weighted by molar-refractivity contribution is 0.186. The first-order valence-electron chi connectivity index (χ1n) is 10.1. The van der Waals surface area contributed by atoms with Crippen LogP contribution in [0.5, 0.6) is 0 Å². The van der Waals surface area contributed by atoms with E-state index >= 15 is 0 Å². The van der Waals surface area contributed by atoms with Crippen LogP contribution in [0.25, 0.3) is 0 Å². The molecule has 0 saturated carbocycles. The summed E-state index contributed by atoms with van der Waals surface area (Å²) in [5.74, 6) is 0.247. The third-order valence-electron chi connectivity index (χ3n) is 5.96. The number of fused-ring (bicyclic) bond motifs is 2. The average molecular weight is 426 g/mol. The number of rotatable bonds is 5. The Bertz CT molecular complexity index is 1180. The van der Waals surface area contributed by atoms with Crippen molar-refractivity contribution in [2.45, 2.75) is 54.8 Å². The number of benzene rings is 2. The van der Waals surface area contributed by atoms with Crippen LogP contribution in [0, 0.1) is 0 Å². The van der Waals surface area contributed by atoms with Crippen LogP contribution in [0.1, 0.15) is 46.9 Å². The van der Waals surface area contributed by atoms with Gasteiger partial charge in [0, 0.05) is 5.69 Å². The summed E-state index contributed by atoms with van der Waals surface area (Å²) in [5, 5.41) is 19.1. The van der Waals surface area contributed by atoms with Gasteiger partial charge in [-0.25, -0.2) is 13.5 Å². The summed E-state index contributed by atoms with van der Waals surface area (Å²) in [6, 6.07) is 8.08. The Kier molecular flexibility index (Phi) is 4.61. The van der Waals surface area contributed by atoms with Gasteiger partial charge in [0.2, 0.25) is 20.9 Å². The number of hydrogen-bond acceptors (Lipinski definition) is 7. The molecule has 0 fully saturated rings. The molecule has 0 spiro atoms. The molecule has 1 atom stereocenters. The fraction of sp³-hybridized carbons (Fsp3) is 0.333. The summed E-state index contributed by atoms with van der Waals surface area (Å²) in [7, 11) is -3.87. The minimum atomic E-state index is -3.87. The average Bonchev–Trinajstić information content (AvgIpc) is 3.48. The molecule has 2 aliphatic rings. The van der Waals surface area contributed by atoms with E-state index in [9.17, 15) is 13.5 Å². The van der Waals surface area contributed by atoms with Gasteiger partial charge in [0.25, 0.3) is 0 Å². The summed E-state index contributed by atoms with van der Waals surface area (Å²) in [6.07, 6.45) is 5.30. The Balaban J connectivity index is 1.46. The minimum absolute atomic E-state index is 0.0519. The smallest absolute Gasteiger partial charge is 0.249 e. The lowest BCUT2D eigenvalue weighted by atomic mass is 9.99. The van der Waals surface area contributed by atoms with Gasteiger partial charge in [-0.2, -0.15) is 4.98 Å². The highest BCUT2D eigenvalue weighted by molar-refractivity contribution is 7.91.